The molecule has 0 saturated carbocycles. The van der Waals surface area contributed by atoms with Crippen LogP contribution >= 0.6 is 11.3 Å². The van der Waals surface area contributed by atoms with Gasteiger partial charge in [-0.3, -0.25) is 14.4 Å². The minimum Gasteiger partial charge on any atom is -0.379 e. The molecule has 3 rings (SSSR count). The van der Waals surface area contributed by atoms with Crippen molar-refractivity contribution in [1.82, 2.24) is 25.4 Å². The molecule has 1 aliphatic rings. The average Bonchev–Trinajstić information content (AvgIpc) is 3.87. The molecule has 302 valence electrons. The number of carbonyl (C=O) groups excluding carboxylic acids is 3. The van der Waals surface area contributed by atoms with E-state index in [0.29, 0.717) is 6.54 Å². The van der Waals surface area contributed by atoms with Gasteiger partial charge in [0.15, 0.2) is 5.78 Å². The van der Waals surface area contributed by atoms with Crippen molar-refractivity contribution < 1.29 is 23.9 Å². The lowest BCUT2D eigenvalue weighted by Crippen LogP contribution is -2.54. The lowest BCUT2D eigenvalue weighted by atomic mass is 9.84. The maximum atomic E-state index is 14.3. The number of amides is 2. The molecule has 0 bridgehead atoms. The molecule has 1 aromatic heterocycles. The monoisotopic (exact) mass is 768 g/mol. The number of ketones is 1. The summed E-state index contributed by atoms with van der Waals surface area (Å²) in [5.41, 5.74) is 2.05. The van der Waals surface area contributed by atoms with Gasteiger partial charge in [-0.1, -0.05) is 91.8 Å². The van der Waals surface area contributed by atoms with Crippen molar-refractivity contribution in [3.63, 3.8) is 0 Å². The molecule has 0 aliphatic carbocycles. The first-order chi connectivity index (χ1) is 25.7. The molecular weight excluding hydrogens is 699 g/mol. The maximum absolute atomic E-state index is 14.3. The molecule has 2 N–H and O–H groups in total. The van der Waals surface area contributed by atoms with E-state index < -0.39 is 12.0 Å². The second kappa shape index (κ2) is 21.8. The van der Waals surface area contributed by atoms with Gasteiger partial charge in [-0.15, -0.1) is 11.3 Å². The van der Waals surface area contributed by atoms with Crippen LogP contribution in [0.4, 0.5) is 0 Å². The number of benzene rings is 1. The molecule has 2 aromatic rings. The zero-order chi connectivity index (χ0) is 40.1. The lowest BCUT2D eigenvalue weighted by molar-refractivity contribution is -0.148. The number of nitrogens with one attached hydrogen (secondary N) is 2. The van der Waals surface area contributed by atoms with E-state index >= 15 is 0 Å². The van der Waals surface area contributed by atoms with Gasteiger partial charge in [0.25, 0.3) is 0 Å². The number of nitrogens with zero attached hydrogens (tertiary/aromatic N) is 3. The van der Waals surface area contributed by atoms with Gasteiger partial charge in [-0.05, 0) is 49.6 Å². The standard InChI is InChI=1S/C43H69N5O5S/c1-13-29(6)40(47(10)43(51)33(27(2)3)25-36(49)39(44-9)28(4)5)37(52-11)26-38(50)48-22-17-20-35(48)41(53-12)30(7)31(8)46-34(42-45-21-23-54-42)24-32-18-15-14-16-19-32/h14-16,18-19,21,23,27-30,33-35,37,39-41,44,46H,8,13,17,20,22,24-26H2,1-7,9-12H3/t29-,30-,33-,34-,35-,37+,39-,40-,41+/m0/s1. The van der Waals surface area contributed by atoms with Crippen LogP contribution in [0.25, 0.3) is 0 Å². The van der Waals surface area contributed by atoms with Crippen molar-refractivity contribution in [3.8, 4) is 0 Å². The normalized spacial score (nSPS) is 19.1. The van der Waals surface area contributed by atoms with Crippen LogP contribution in [0.15, 0.2) is 54.2 Å². The molecule has 1 aliphatic heterocycles. The predicted molar refractivity (Wildman–Crippen MR) is 219 cm³/mol. The smallest absolute Gasteiger partial charge is 0.226 e. The summed E-state index contributed by atoms with van der Waals surface area (Å²) in [4.78, 5) is 50.3. The summed E-state index contributed by atoms with van der Waals surface area (Å²) in [7, 11) is 6.94. The Labute approximate surface area is 329 Å². The van der Waals surface area contributed by atoms with Crippen LogP contribution in [0.1, 0.15) is 97.2 Å². The van der Waals surface area contributed by atoms with Gasteiger partial charge in [0, 0.05) is 63.3 Å². The Morgan fingerprint density at radius 3 is 2.26 bits per heavy atom. The predicted octanol–water partition coefficient (Wildman–Crippen LogP) is 6.93. The first-order valence-corrected chi connectivity index (χ1v) is 20.8. The number of Topliss-reactive ketones (excluding diaryl/α,β-unsaturated/α-hetero) is 1. The molecule has 1 fully saturated rings. The number of rotatable bonds is 23. The summed E-state index contributed by atoms with van der Waals surface area (Å²) in [6.45, 7) is 19.4. The molecule has 2 heterocycles. The van der Waals surface area contributed by atoms with Gasteiger partial charge in [-0.25, -0.2) is 4.98 Å². The first-order valence-electron chi connectivity index (χ1n) is 19.9. The Morgan fingerprint density at radius 1 is 1.04 bits per heavy atom. The van der Waals surface area contributed by atoms with Gasteiger partial charge in [0.1, 0.15) is 5.01 Å². The van der Waals surface area contributed by atoms with Gasteiger partial charge >= 0.3 is 0 Å². The molecule has 0 spiro atoms. The van der Waals surface area contributed by atoms with Crippen LogP contribution < -0.4 is 10.6 Å². The summed E-state index contributed by atoms with van der Waals surface area (Å²) in [6.07, 6.45) is 4.57. The summed E-state index contributed by atoms with van der Waals surface area (Å²) in [5, 5.41) is 9.80. The van der Waals surface area contributed by atoms with E-state index in [2.05, 4.69) is 55.1 Å². The fraction of sp³-hybridized carbons (Fsp3) is 0.674. The number of likely N-dealkylation sites (N-methyl/N-ethyl adjacent to an activating group) is 2. The maximum Gasteiger partial charge on any atom is 0.226 e. The first kappa shape index (κ1) is 45.3. The van der Waals surface area contributed by atoms with Crippen LogP contribution in [0.5, 0.6) is 0 Å². The number of ether oxygens (including phenoxy) is 2. The molecule has 2 amide bonds. The van der Waals surface area contributed by atoms with E-state index in [9.17, 15) is 14.4 Å². The van der Waals surface area contributed by atoms with Crippen molar-refractivity contribution >= 4 is 28.9 Å². The summed E-state index contributed by atoms with van der Waals surface area (Å²) >= 11 is 1.62. The van der Waals surface area contributed by atoms with Crippen molar-refractivity contribution in [3.05, 3.63) is 64.8 Å². The van der Waals surface area contributed by atoms with E-state index in [1.54, 1.807) is 37.5 Å². The number of aromatic nitrogens is 1. The van der Waals surface area contributed by atoms with Crippen LogP contribution in [-0.4, -0.2) is 97.6 Å². The largest absolute Gasteiger partial charge is 0.379 e. The van der Waals surface area contributed by atoms with Crippen LogP contribution in [0, 0.1) is 29.6 Å². The fourth-order valence-corrected chi connectivity index (χ4v) is 8.94. The highest BCUT2D eigenvalue weighted by Crippen LogP contribution is 2.33. The number of methoxy groups -OCH3 is 2. The second-order valence-electron chi connectivity index (χ2n) is 15.9. The highest BCUT2D eigenvalue weighted by molar-refractivity contribution is 7.09. The number of thiazole rings is 1. The SMILES string of the molecule is C=C(N[C@@H](Cc1ccccc1)c1nccs1)[C@H](C)[C@@H](OC)[C@@H]1CCCN1C(=O)C[C@@H](OC)[C@H]([C@@H](C)CC)N(C)C(=O)[C@@H](CC(=O)[C@@H](NC)C(C)C)C(C)C. The third kappa shape index (κ3) is 11.7. The molecule has 1 saturated heterocycles. The van der Waals surface area contributed by atoms with Crippen molar-refractivity contribution in [1.29, 1.82) is 0 Å². The highest BCUT2D eigenvalue weighted by Gasteiger charge is 2.42. The van der Waals surface area contributed by atoms with Crippen molar-refractivity contribution in [2.24, 2.45) is 29.6 Å². The Hall–Kier alpha value is -3.12. The van der Waals surface area contributed by atoms with Crippen LogP contribution in [-0.2, 0) is 30.3 Å². The van der Waals surface area contributed by atoms with Gasteiger partial charge in [0.05, 0.1) is 42.8 Å². The number of likely N-dealkylation sites (tertiary alicyclic amines) is 1. The van der Waals surface area contributed by atoms with E-state index in [0.717, 1.165) is 36.4 Å². The topological polar surface area (TPSA) is 113 Å². The highest BCUT2D eigenvalue weighted by atomic mass is 32.1. The third-order valence-electron chi connectivity index (χ3n) is 11.7. The number of hydrogen-bond donors (Lipinski definition) is 2. The summed E-state index contributed by atoms with van der Waals surface area (Å²) < 4.78 is 12.3. The van der Waals surface area contributed by atoms with E-state index in [1.165, 1.54) is 5.56 Å². The summed E-state index contributed by atoms with van der Waals surface area (Å²) in [6, 6.07) is 9.51. The van der Waals surface area contributed by atoms with Crippen molar-refractivity contribution in [2.75, 3.05) is 34.9 Å². The van der Waals surface area contributed by atoms with E-state index in [4.69, 9.17) is 9.47 Å². The fourth-order valence-electron chi connectivity index (χ4n) is 8.25. The van der Waals surface area contributed by atoms with Crippen LogP contribution in [0.3, 0.4) is 0 Å². The van der Waals surface area contributed by atoms with E-state index in [-0.39, 0.29) is 84.4 Å². The Balaban J connectivity index is 1.78. The lowest BCUT2D eigenvalue weighted by Gasteiger charge is -2.41. The molecule has 11 heteroatoms. The van der Waals surface area contributed by atoms with Crippen molar-refractivity contribution in [2.45, 2.75) is 123 Å². The third-order valence-corrected chi connectivity index (χ3v) is 12.5. The Bertz CT molecular complexity index is 1450. The second-order valence-corrected chi connectivity index (χ2v) is 16.8. The minimum atomic E-state index is -0.529. The molecule has 9 atom stereocenters. The Morgan fingerprint density at radius 2 is 1.72 bits per heavy atom. The zero-order valence-electron chi connectivity index (χ0n) is 34.8. The zero-order valence-corrected chi connectivity index (χ0v) is 35.7. The van der Waals surface area contributed by atoms with Gasteiger partial charge in [-0.2, -0.15) is 0 Å². The van der Waals surface area contributed by atoms with E-state index in [1.807, 2.05) is 69.4 Å². The minimum absolute atomic E-state index is 0.0135. The number of carbonyl (C=O) groups is 3. The molecule has 0 unspecified atom stereocenters. The van der Waals surface area contributed by atoms with Crippen LogP contribution in [0.2, 0.25) is 0 Å². The molecule has 10 nitrogen and oxygen atoms in total. The summed E-state index contributed by atoms with van der Waals surface area (Å²) in [5.74, 6) is -0.502. The molecule has 54 heavy (non-hydrogen) atoms. The average molecular weight is 768 g/mol. The molecule has 0 radical (unpaired) electrons. The molecule has 1 aromatic carbocycles. The van der Waals surface area contributed by atoms with Gasteiger partial charge in [0.2, 0.25) is 11.8 Å². The van der Waals surface area contributed by atoms with Gasteiger partial charge < -0.3 is 29.9 Å². The quantitative estimate of drug-likeness (QED) is 0.125. The Kier molecular flexibility index (Phi) is 18.3. The molecular formula is C43H69N5O5S. The number of hydrogen-bond acceptors (Lipinski definition) is 9.